The summed E-state index contributed by atoms with van der Waals surface area (Å²) in [5.74, 6) is -0.904. The minimum absolute atomic E-state index is 0.0899. The van der Waals surface area contributed by atoms with E-state index < -0.39 is 5.91 Å². The Kier molecular flexibility index (Phi) is 7.33. The molecule has 4 rings (SSSR count). The van der Waals surface area contributed by atoms with Gasteiger partial charge in [-0.1, -0.05) is 66.7 Å². The van der Waals surface area contributed by atoms with Gasteiger partial charge in [-0.25, -0.2) is 5.43 Å². The van der Waals surface area contributed by atoms with Crippen molar-refractivity contribution in [3.63, 3.8) is 0 Å². The quantitative estimate of drug-likeness (QED) is 0.235. The van der Waals surface area contributed by atoms with E-state index in [4.69, 9.17) is 0 Å². The highest BCUT2D eigenvalue weighted by Gasteiger charge is 2.14. The summed E-state index contributed by atoms with van der Waals surface area (Å²) in [5, 5.41) is 9.03. The van der Waals surface area contributed by atoms with Gasteiger partial charge in [-0.15, -0.1) is 0 Å². The molecule has 0 radical (unpaired) electrons. The Morgan fingerprint density at radius 1 is 0.771 bits per heavy atom. The van der Waals surface area contributed by atoms with Gasteiger partial charge in [-0.3, -0.25) is 9.59 Å². The second-order valence-corrected chi connectivity index (χ2v) is 8.17. The first-order valence-corrected chi connectivity index (χ1v) is 11.2. The van der Waals surface area contributed by atoms with E-state index in [1.165, 1.54) is 0 Å². The van der Waals surface area contributed by atoms with Crippen LogP contribution in [0.4, 0.5) is 5.69 Å². The Balaban J connectivity index is 1.54. The van der Waals surface area contributed by atoms with Crippen LogP contribution in [-0.4, -0.2) is 32.1 Å². The number of nitrogens with zero attached hydrogens (tertiary/aromatic N) is 2. The number of anilines is 1. The summed E-state index contributed by atoms with van der Waals surface area (Å²) < 4.78 is 0. The summed E-state index contributed by atoms with van der Waals surface area (Å²) in [5.41, 5.74) is 5.72. The molecule has 174 valence electrons. The largest absolute Gasteiger partial charge is 0.378 e. The lowest BCUT2D eigenvalue weighted by Gasteiger charge is -2.12. The predicted molar refractivity (Wildman–Crippen MR) is 142 cm³/mol. The van der Waals surface area contributed by atoms with Gasteiger partial charge >= 0.3 is 0 Å². The van der Waals surface area contributed by atoms with Gasteiger partial charge in [0, 0.05) is 25.3 Å². The number of hydrogen-bond donors (Lipinski definition) is 2. The van der Waals surface area contributed by atoms with Gasteiger partial charge in [0.1, 0.15) is 5.70 Å². The number of fused-ring (bicyclic) bond motifs is 1. The summed E-state index contributed by atoms with van der Waals surface area (Å²) in [4.78, 5) is 27.7. The third-order valence-corrected chi connectivity index (χ3v) is 5.40. The number of hydrogen-bond acceptors (Lipinski definition) is 4. The molecular weight excluding hydrogens is 436 g/mol. The van der Waals surface area contributed by atoms with Crippen molar-refractivity contribution in [1.82, 2.24) is 10.7 Å². The number of hydrazone groups is 1. The predicted octanol–water partition coefficient (Wildman–Crippen LogP) is 4.83. The van der Waals surface area contributed by atoms with Crippen LogP contribution >= 0.6 is 0 Å². The standard InChI is InChI=1S/C29H26N4O2/c1-33(2)26-16-13-21(14-17-26)19-27(31-28(34)24-9-4-3-5-10-24)29(35)32-30-20-22-12-15-23-8-6-7-11-25(23)18-22/h3-20H,1-2H3,(H,31,34)(H,32,35)/b27-19-,30-20+. The fourth-order valence-electron chi connectivity index (χ4n) is 3.49. The topological polar surface area (TPSA) is 73.8 Å². The zero-order valence-electron chi connectivity index (χ0n) is 19.6. The monoisotopic (exact) mass is 462 g/mol. The minimum Gasteiger partial charge on any atom is -0.378 e. The van der Waals surface area contributed by atoms with Gasteiger partial charge in [0.15, 0.2) is 0 Å². The van der Waals surface area contributed by atoms with Crippen LogP contribution in [-0.2, 0) is 4.79 Å². The van der Waals surface area contributed by atoms with Crippen molar-refractivity contribution < 1.29 is 9.59 Å². The van der Waals surface area contributed by atoms with Gasteiger partial charge in [0.25, 0.3) is 11.8 Å². The molecule has 0 atom stereocenters. The van der Waals surface area contributed by atoms with E-state index in [1.807, 2.05) is 91.8 Å². The van der Waals surface area contributed by atoms with Gasteiger partial charge in [-0.05, 0) is 58.3 Å². The first-order chi connectivity index (χ1) is 17.0. The molecule has 6 heteroatoms. The van der Waals surface area contributed by atoms with E-state index >= 15 is 0 Å². The van der Waals surface area contributed by atoms with E-state index in [-0.39, 0.29) is 11.6 Å². The average Bonchev–Trinajstić information content (AvgIpc) is 2.89. The van der Waals surface area contributed by atoms with Gasteiger partial charge in [-0.2, -0.15) is 5.10 Å². The molecule has 0 fully saturated rings. The zero-order chi connectivity index (χ0) is 24.6. The third-order valence-electron chi connectivity index (χ3n) is 5.40. The molecule has 0 spiro atoms. The van der Waals surface area contributed by atoms with E-state index in [0.717, 1.165) is 27.6 Å². The zero-order valence-corrected chi connectivity index (χ0v) is 19.6. The lowest BCUT2D eigenvalue weighted by molar-refractivity contribution is -0.117. The molecule has 0 aliphatic carbocycles. The lowest BCUT2D eigenvalue weighted by atomic mass is 10.1. The van der Waals surface area contributed by atoms with Crippen LogP contribution in [0.5, 0.6) is 0 Å². The first kappa shape index (κ1) is 23.4. The van der Waals surface area contributed by atoms with E-state index in [2.05, 4.69) is 15.8 Å². The van der Waals surface area contributed by atoms with E-state index in [1.54, 1.807) is 36.6 Å². The molecule has 4 aromatic rings. The summed E-state index contributed by atoms with van der Waals surface area (Å²) >= 11 is 0. The van der Waals surface area contributed by atoms with Crippen molar-refractivity contribution in [2.45, 2.75) is 0 Å². The van der Waals surface area contributed by atoms with Gasteiger partial charge in [0.2, 0.25) is 0 Å². The number of carbonyl (C=O) groups is 2. The minimum atomic E-state index is -0.525. The molecule has 2 N–H and O–H groups in total. The normalized spacial score (nSPS) is 11.4. The van der Waals surface area contributed by atoms with Crippen LogP contribution in [0.15, 0.2) is 108 Å². The highest BCUT2D eigenvalue weighted by Crippen LogP contribution is 2.16. The second-order valence-electron chi connectivity index (χ2n) is 8.17. The molecule has 6 nitrogen and oxygen atoms in total. The molecule has 2 amide bonds. The molecule has 0 saturated carbocycles. The molecule has 0 heterocycles. The van der Waals surface area contributed by atoms with Crippen LogP contribution in [0.25, 0.3) is 16.8 Å². The van der Waals surface area contributed by atoms with Crippen molar-refractivity contribution in [2.24, 2.45) is 5.10 Å². The molecular formula is C29H26N4O2. The smallest absolute Gasteiger partial charge is 0.287 e. The number of benzene rings is 4. The Labute approximate surface area is 204 Å². The van der Waals surface area contributed by atoms with Crippen LogP contribution in [0.3, 0.4) is 0 Å². The molecule has 0 aromatic heterocycles. The summed E-state index contributed by atoms with van der Waals surface area (Å²) in [7, 11) is 3.91. The van der Waals surface area contributed by atoms with E-state index in [0.29, 0.717) is 5.56 Å². The second kappa shape index (κ2) is 10.9. The maximum Gasteiger partial charge on any atom is 0.287 e. The Morgan fingerprint density at radius 2 is 1.43 bits per heavy atom. The van der Waals surface area contributed by atoms with Crippen molar-refractivity contribution in [1.29, 1.82) is 0 Å². The van der Waals surface area contributed by atoms with Crippen LogP contribution < -0.4 is 15.6 Å². The molecule has 4 aromatic carbocycles. The SMILES string of the molecule is CN(C)c1ccc(/C=C(\NC(=O)c2ccccc2)C(=O)N/N=C/c2ccc3ccccc3c2)cc1. The maximum absolute atomic E-state index is 13.0. The van der Waals surface area contributed by atoms with E-state index in [9.17, 15) is 9.59 Å². The van der Waals surface area contributed by atoms with Crippen molar-refractivity contribution in [3.05, 3.63) is 119 Å². The Morgan fingerprint density at radius 3 is 2.14 bits per heavy atom. The first-order valence-electron chi connectivity index (χ1n) is 11.2. The number of nitrogens with one attached hydrogen (secondary N) is 2. The summed E-state index contributed by atoms with van der Waals surface area (Å²) in [6.07, 6.45) is 3.20. The highest BCUT2D eigenvalue weighted by molar-refractivity contribution is 6.05. The fourth-order valence-corrected chi connectivity index (χ4v) is 3.49. The maximum atomic E-state index is 13.0. The van der Waals surface area contributed by atoms with Crippen molar-refractivity contribution in [3.8, 4) is 0 Å². The van der Waals surface area contributed by atoms with Crippen molar-refractivity contribution >= 4 is 40.6 Å². The third kappa shape index (κ3) is 6.21. The molecule has 0 bridgehead atoms. The van der Waals surface area contributed by atoms with Gasteiger partial charge in [0.05, 0.1) is 6.21 Å². The van der Waals surface area contributed by atoms with Crippen molar-refractivity contribution in [2.75, 3.05) is 19.0 Å². The Bertz CT molecular complexity index is 1390. The van der Waals surface area contributed by atoms with Crippen LogP contribution in [0.2, 0.25) is 0 Å². The van der Waals surface area contributed by atoms with Gasteiger partial charge < -0.3 is 10.2 Å². The Hall–Kier alpha value is -4.71. The summed E-state index contributed by atoms with van der Waals surface area (Å²) in [6.45, 7) is 0. The number of amides is 2. The average molecular weight is 463 g/mol. The lowest BCUT2D eigenvalue weighted by Crippen LogP contribution is -2.32. The van der Waals surface area contributed by atoms with Crippen LogP contribution in [0, 0.1) is 0 Å². The molecule has 0 saturated heterocycles. The fraction of sp³-hybridized carbons (Fsp3) is 0.0690. The summed E-state index contributed by atoms with van der Waals surface area (Å²) in [6, 6.07) is 30.3. The number of rotatable bonds is 7. The molecule has 0 unspecified atom stereocenters. The van der Waals surface area contributed by atoms with Crippen LogP contribution in [0.1, 0.15) is 21.5 Å². The molecule has 0 aliphatic rings. The number of carbonyl (C=O) groups excluding carboxylic acids is 2. The molecule has 0 aliphatic heterocycles. The highest BCUT2D eigenvalue weighted by atomic mass is 16.2. The molecule has 35 heavy (non-hydrogen) atoms.